The second kappa shape index (κ2) is 10.2. The van der Waals surface area contributed by atoms with Crippen LogP contribution in [-0.2, 0) is 11.3 Å². The van der Waals surface area contributed by atoms with Gasteiger partial charge in [-0.15, -0.1) is 0 Å². The van der Waals surface area contributed by atoms with Crippen LogP contribution in [0.3, 0.4) is 0 Å². The first kappa shape index (κ1) is 20.3. The molecule has 1 atom stereocenters. The smallest absolute Gasteiger partial charge is 0.487 e. The molecule has 0 saturated heterocycles. The van der Waals surface area contributed by atoms with Gasteiger partial charge in [-0.2, -0.15) is 0 Å². The first-order valence-corrected chi connectivity index (χ1v) is 9.63. The third-order valence-electron chi connectivity index (χ3n) is 4.40. The Labute approximate surface area is 171 Å². The zero-order chi connectivity index (χ0) is 20.5. The van der Waals surface area contributed by atoms with Crippen LogP contribution in [0, 0.1) is 0 Å². The Morgan fingerprint density at radius 3 is 2.21 bits per heavy atom. The van der Waals surface area contributed by atoms with Gasteiger partial charge in [-0.05, 0) is 43.7 Å². The van der Waals surface area contributed by atoms with Crippen molar-refractivity contribution < 1.29 is 19.0 Å². The monoisotopic (exact) mass is 391 g/mol. The predicted octanol–water partition coefficient (Wildman–Crippen LogP) is 5.65. The highest BCUT2D eigenvalue weighted by molar-refractivity contribution is 5.65. The Kier molecular flexibility index (Phi) is 7.11. The van der Waals surface area contributed by atoms with Crippen molar-refractivity contribution in [3.63, 3.8) is 0 Å². The summed E-state index contributed by atoms with van der Waals surface area (Å²) in [7, 11) is 0. The zero-order valence-corrected chi connectivity index (χ0v) is 16.7. The van der Waals surface area contributed by atoms with E-state index in [4.69, 9.17) is 14.2 Å². The summed E-state index contributed by atoms with van der Waals surface area (Å²) >= 11 is 0. The van der Waals surface area contributed by atoms with Gasteiger partial charge in [0.2, 0.25) is 0 Å². The topological polar surface area (TPSA) is 48.0 Å². The van der Waals surface area contributed by atoms with Crippen molar-refractivity contribution in [2.75, 3.05) is 11.4 Å². The lowest BCUT2D eigenvalue weighted by molar-refractivity contribution is 0.0643. The summed E-state index contributed by atoms with van der Waals surface area (Å²) in [5.41, 5.74) is 1.94. The third kappa shape index (κ3) is 5.75. The van der Waals surface area contributed by atoms with E-state index in [1.54, 1.807) is 24.3 Å². The van der Waals surface area contributed by atoms with Crippen molar-refractivity contribution >= 4 is 11.8 Å². The lowest BCUT2D eigenvalue weighted by Gasteiger charge is -2.30. The van der Waals surface area contributed by atoms with Crippen LogP contribution in [-0.4, -0.2) is 18.9 Å². The molecule has 3 aromatic rings. The second-order valence-corrected chi connectivity index (χ2v) is 6.41. The molecule has 0 spiro atoms. The Balaban J connectivity index is 1.67. The third-order valence-corrected chi connectivity index (χ3v) is 4.40. The molecule has 0 saturated carbocycles. The standard InChI is InChI=1S/C24H25NO4/c1-3-25(19(2)28-24(26)29-21-14-8-5-9-15-21)22-16-10-11-17-23(22)27-18-20-12-6-4-7-13-20/h4-17,19H,3,18H2,1-2H3. The first-order valence-electron chi connectivity index (χ1n) is 9.63. The lowest BCUT2D eigenvalue weighted by Crippen LogP contribution is -2.37. The molecular weight excluding hydrogens is 366 g/mol. The zero-order valence-electron chi connectivity index (χ0n) is 16.7. The Hall–Kier alpha value is -3.47. The van der Waals surface area contributed by atoms with E-state index in [1.807, 2.05) is 79.4 Å². The van der Waals surface area contributed by atoms with Gasteiger partial charge >= 0.3 is 6.16 Å². The Bertz CT molecular complexity index is 899. The molecule has 0 aliphatic heterocycles. The normalized spacial score (nSPS) is 11.4. The molecule has 0 aromatic heterocycles. The van der Waals surface area contributed by atoms with Gasteiger partial charge in [0, 0.05) is 6.54 Å². The van der Waals surface area contributed by atoms with E-state index in [9.17, 15) is 4.79 Å². The van der Waals surface area contributed by atoms with E-state index in [0.29, 0.717) is 18.9 Å². The van der Waals surface area contributed by atoms with E-state index in [1.165, 1.54) is 0 Å². The highest BCUT2D eigenvalue weighted by atomic mass is 16.7. The van der Waals surface area contributed by atoms with Crippen LogP contribution in [0.5, 0.6) is 11.5 Å². The molecule has 5 nitrogen and oxygen atoms in total. The fourth-order valence-electron chi connectivity index (χ4n) is 2.99. The van der Waals surface area contributed by atoms with Crippen molar-refractivity contribution in [3.05, 3.63) is 90.5 Å². The van der Waals surface area contributed by atoms with Gasteiger partial charge < -0.3 is 19.1 Å². The summed E-state index contributed by atoms with van der Waals surface area (Å²) in [5.74, 6) is 1.17. The highest BCUT2D eigenvalue weighted by Crippen LogP contribution is 2.30. The number of benzene rings is 3. The van der Waals surface area contributed by atoms with Gasteiger partial charge in [0.25, 0.3) is 0 Å². The Morgan fingerprint density at radius 1 is 0.897 bits per heavy atom. The van der Waals surface area contributed by atoms with Crippen molar-refractivity contribution in [1.29, 1.82) is 0 Å². The number of nitrogens with zero attached hydrogens (tertiary/aromatic N) is 1. The maximum Gasteiger partial charge on any atom is 0.515 e. The number of rotatable bonds is 8. The maximum absolute atomic E-state index is 12.2. The van der Waals surface area contributed by atoms with Crippen LogP contribution >= 0.6 is 0 Å². The van der Waals surface area contributed by atoms with Crippen molar-refractivity contribution in [2.45, 2.75) is 26.7 Å². The average Bonchev–Trinajstić information content (AvgIpc) is 2.75. The van der Waals surface area contributed by atoms with Crippen LogP contribution in [0.1, 0.15) is 19.4 Å². The van der Waals surface area contributed by atoms with Gasteiger partial charge in [0.1, 0.15) is 18.1 Å². The van der Waals surface area contributed by atoms with Crippen LogP contribution in [0.4, 0.5) is 10.5 Å². The van der Waals surface area contributed by atoms with Crippen LogP contribution in [0.25, 0.3) is 0 Å². The summed E-state index contributed by atoms with van der Waals surface area (Å²) < 4.78 is 16.8. The molecule has 0 amide bonds. The van der Waals surface area contributed by atoms with Gasteiger partial charge in [-0.25, -0.2) is 4.79 Å². The summed E-state index contributed by atoms with van der Waals surface area (Å²) in [6, 6.07) is 26.6. The van der Waals surface area contributed by atoms with Crippen LogP contribution in [0.15, 0.2) is 84.9 Å². The van der Waals surface area contributed by atoms with Crippen molar-refractivity contribution in [3.8, 4) is 11.5 Å². The lowest BCUT2D eigenvalue weighted by atomic mass is 10.2. The summed E-state index contributed by atoms with van der Waals surface area (Å²) in [6.07, 6.45) is -1.28. The largest absolute Gasteiger partial charge is 0.515 e. The molecule has 3 aromatic carbocycles. The molecule has 0 bridgehead atoms. The summed E-state index contributed by atoms with van der Waals surface area (Å²) in [4.78, 5) is 14.1. The number of ether oxygens (including phenoxy) is 3. The molecule has 0 fully saturated rings. The van der Waals surface area contributed by atoms with E-state index in [2.05, 4.69) is 0 Å². The minimum atomic E-state index is -0.746. The van der Waals surface area contributed by atoms with E-state index >= 15 is 0 Å². The molecule has 150 valence electrons. The second-order valence-electron chi connectivity index (χ2n) is 6.41. The average molecular weight is 391 g/mol. The van der Waals surface area contributed by atoms with Crippen LogP contribution < -0.4 is 14.4 Å². The first-order chi connectivity index (χ1) is 14.2. The quantitative estimate of drug-likeness (QED) is 0.282. The van der Waals surface area contributed by atoms with Crippen molar-refractivity contribution in [2.24, 2.45) is 0 Å². The number of hydrogen-bond donors (Lipinski definition) is 0. The maximum atomic E-state index is 12.2. The van der Waals surface area contributed by atoms with Crippen molar-refractivity contribution in [1.82, 2.24) is 0 Å². The molecule has 5 heteroatoms. The minimum Gasteiger partial charge on any atom is -0.487 e. The van der Waals surface area contributed by atoms with E-state index in [0.717, 1.165) is 17.0 Å². The predicted molar refractivity (Wildman–Crippen MR) is 113 cm³/mol. The molecule has 0 aliphatic rings. The number of anilines is 1. The molecule has 0 N–H and O–H groups in total. The Morgan fingerprint density at radius 2 is 1.52 bits per heavy atom. The van der Waals surface area contributed by atoms with E-state index < -0.39 is 12.4 Å². The molecule has 0 heterocycles. The highest BCUT2D eigenvalue weighted by Gasteiger charge is 2.21. The molecule has 1 unspecified atom stereocenters. The summed E-state index contributed by atoms with van der Waals surface area (Å²) in [6.45, 7) is 4.90. The molecule has 29 heavy (non-hydrogen) atoms. The number of carbonyl (C=O) groups excluding carboxylic acids is 1. The number of para-hydroxylation sites is 3. The summed E-state index contributed by atoms with van der Waals surface area (Å²) in [5, 5.41) is 0. The fraction of sp³-hybridized carbons (Fsp3) is 0.208. The van der Waals surface area contributed by atoms with E-state index in [-0.39, 0.29) is 0 Å². The van der Waals surface area contributed by atoms with Gasteiger partial charge in [-0.3, -0.25) is 0 Å². The van der Waals surface area contributed by atoms with Crippen LogP contribution in [0.2, 0.25) is 0 Å². The van der Waals surface area contributed by atoms with Gasteiger partial charge in [0.15, 0.2) is 6.23 Å². The van der Waals surface area contributed by atoms with Gasteiger partial charge in [0.05, 0.1) is 5.69 Å². The molecule has 0 radical (unpaired) electrons. The fourth-order valence-corrected chi connectivity index (χ4v) is 2.99. The molecule has 3 rings (SSSR count). The number of carbonyl (C=O) groups is 1. The van der Waals surface area contributed by atoms with Gasteiger partial charge in [-0.1, -0.05) is 60.7 Å². The molecule has 0 aliphatic carbocycles. The minimum absolute atomic E-state index is 0.444. The SMILES string of the molecule is CCN(c1ccccc1OCc1ccccc1)C(C)OC(=O)Oc1ccccc1. The number of hydrogen-bond acceptors (Lipinski definition) is 5. The molecular formula is C24H25NO4.